The summed E-state index contributed by atoms with van der Waals surface area (Å²) in [6.07, 6.45) is 0. The number of nitrogens with zero attached hydrogens (tertiary/aromatic N) is 1. The number of amides is 2. The molecule has 1 atom stereocenters. The van der Waals surface area contributed by atoms with Gasteiger partial charge in [-0.1, -0.05) is 29.8 Å². The molecule has 1 aromatic rings. The van der Waals surface area contributed by atoms with Crippen molar-refractivity contribution in [2.45, 2.75) is 19.9 Å². The normalized spacial score (nSPS) is 18.0. The van der Waals surface area contributed by atoms with E-state index in [1.807, 2.05) is 31.2 Å². The molecule has 1 N–H and O–H groups in total. The van der Waals surface area contributed by atoms with Gasteiger partial charge in [-0.25, -0.2) is 9.59 Å². The highest BCUT2D eigenvalue weighted by atomic mass is 16.5. The Labute approximate surface area is 136 Å². The van der Waals surface area contributed by atoms with E-state index in [4.69, 9.17) is 9.47 Å². The van der Waals surface area contributed by atoms with Crippen LogP contribution in [0.5, 0.6) is 0 Å². The van der Waals surface area contributed by atoms with Crippen LogP contribution in [-0.2, 0) is 14.3 Å². The SMILES string of the molecule is COCCN1C(=O)NC(c2ccc(C)cc2)C(C(=O)OC)=C1C. The second-order valence-electron chi connectivity index (χ2n) is 5.43. The van der Waals surface area contributed by atoms with Crippen molar-refractivity contribution in [2.75, 3.05) is 27.4 Å². The number of benzene rings is 1. The van der Waals surface area contributed by atoms with Gasteiger partial charge in [-0.3, -0.25) is 4.90 Å². The van der Waals surface area contributed by atoms with E-state index >= 15 is 0 Å². The maximum atomic E-state index is 12.4. The second kappa shape index (κ2) is 7.28. The lowest BCUT2D eigenvalue weighted by atomic mass is 9.94. The Kier molecular flexibility index (Phi) is 5.39. The largest absolute Gasteiger partial charge is 0.466 e. The molecule has 1 unspecified atom stereocenters. The highest BCUT2D eigenvalue weighted by molar-refractivity contribution is 5.95. The van der Waals surface area contributed by atoms with Crippen molar-refractivity contribution < 1.29 is 19.1 Å². The Morgan fingerprint density at radius 1 is 1.22 bits per heavy atom. The number of allylic oxidation sites excluding steroid dienone is 1. The molecule has 1 aromatic carbocycles. The minimum atomic E-state index is -0.519. The molecule has 0 bridgehead atoms. The zero-order chi connectivity index (χ0) is 17.0. The number of nitrogens with one attached hydrogen (secondary N) is 1. The van der Waals surface area contributed by atoms with Crippen molar-refractivity contribution in [3.05, 3.63) is 46.7 Å². The summed E-state index contributed by atoms with van der Waals surface area (Å²) in [7, 11) is 2.90. The van der Waals surface area contributed by atoms with Crippen molar-refractivity contribution in [1.29, 1.82) is 0 Å². The monoisotopic (exact) mass is 318 g/mol. The summed E-state index contributed by atoms with van der Waals surface area (Å²) in [6.45, 7) is 4.49. The number of urea groups is 1. The average Bonchev–Trinajstić information content (AvgIpc) is 2.54. The van der Waals surface area contributed by atoms with Gasteiger partial charge in [0.25, 0.3) is 0 Å². The van der Waals surface area contributed by atoms with Crippen molar-refractivity contribution in [1.82, 2.24) is 10.2 Å². The molecule has 6 nitrogen and oxygen atoms in total. The number of carbonyl (C=O) groups excluding carboxylic acids is 2. The zero-order valence-electron chi connectivity index (χ0n) is 13.9. The van der Waals surface area contributed by atoms with E-state index in [0.717, 1.165) is 11.1 Å². The third kappa shape index (κ3) is 3.53. The lowest BCUT2D eigenvalue weighted by molar-refractivity contribution is -0.136. The van der Waals surface area contributed by atoms with Gasteiger partial charge in [-0.05, 0) is 19.4 Å². The van der Waals surface area contributed by atoms with Gasteiger partial charge in [-0.15, -0.1) is 0 Å². The summed E-state index contributed by atoms with van der Waals surface area (Å²) in [5.74, 6) is -0.449. The fraction of sp³-hybridized carbons (Fsp3) is 0.412. The van der Waals surface area contributed by atoms with E-state index in [0.29, 0.717) is 24.4 Å². The van der Waals surface area contributed by atoms with Crippen molar-refractivity contribution >= 4 is 12.0 Å². The first-order valence-corrected chi connectivity index (χ1v) is 7.42. The molecule has 0 aliphatic carbocycles. The molecular formula is C17H22N2O4. The Bertz CT molecular complexity index is 622. The van der Waals surface area contributed by atoms with Gasteiger partial charge in [0.1, 0.15) is 0 Å². The third-order valence-corrected chi connectivity index (χ3v) is 3.93. The van der Waals surface area contributed by atoms with Crippen LogP contribution in [0.3, 0.4) is 0 Å². The minimum Gasteiger partial charge on any atom is -0.466 e. The molecule has 0 radical (unpaired) electrons. The van der Waals surface area contributed by atoms with Crippen molar-refractivity contribution in [3.63, 3.8) is 0 Å². The van der Waals surface area contributed by atoms with Gasteiger partial charge in [-0.2, -0.15) is 0 Å². The molecule has 0 aromatic heterocycles. The van der Waals surface area contributed by atoms with Crippen LogP contribution >= 0.6 is 0 Å². The Morgan fingerprint density at radius 2 is 1.87 bits per heavy atom. The molecule has 1 heterocycles. The number of aryl methyl sites for hydroxylation is 1. The van der Waals surface area contributed by atoms with Crippen LogP contribution in [0.4, 0.5) is 4.79 Å². The fourth-order valence-corrected chi connectivity index (χ4v) is 2.62. The van der Waals surface area contributed by atoms with Crippen LogP contribution in [0.1, 0.15) is 24.1 Å². The molecule has 0 fully saturated rings. The van der Waals surface area contributed by atoms with E-state index in [1.165, 1.54) is 12.0 Å². The quantitative estimate of drug-likeness (QED) is 0.845. The molecule has 0 saturated carbocycles. The molecule has 124 valence electrons. The van der Waals surface area contributed by atoms with E-state index in [-0.39, 0.29) is 6.03 Å². The summed E-state index contributed by atoms with van der Waals surface area (Å²) in [4.78, 5) is 26.2. The lowest BCUT2D eigenvalue weighted by Crippen LogP contribution is -2.48. The number of carbonyl (C=O) groups is 2. The Morgan fingerprint density at radius 3 is 2.43 bits per heavy atom. The number of hydrogen-bond acceptors (Lipinski definition) is 4. The van der Waals surface area contributed by atoms with E-state index in [9.17, 15) is 9.59 Å². The van der Waals surface area contributed by atoms with E-state index in [2.05, 4.69) is 5.32 Å². The van der Waals surface area contributed by atoms with Crippen LogP contribution in [0.25, 0.3) is 0 Å². The van der Waals surface area contributed by atoms with Crippen molar-refractivity contribution in [3.8, 4) is 0 Å². The van der Waals surface area contributed by atoms with Crippen LogP contribution in [0.2, 0.25) is 0 Å². The molecule has 2 amide bonds. The van der Waals surface area contributed by atoms with Crippen molar-refractivity contribution in [2.24, 2.45) is 0 Å². The van der Waals surface area contributed by atoms with Gasteiger partial charge in [0.05, 0.1) is 31.9 Å². The van der Waals surface area contributed by atoms with Crippen LogP contribution < -0.4 is 5.32 Å². The minimum absolute atomic E-state index is 0.252. The molecule has 0 spiro atoms. The Balaban J connectivity index is 2.45. The smallest absolute Gasteiger partial charge is 0.337 e. The number of hydrogen-bond donors (Lipinski definition) is 1. The summed E-state index contributed by atoms with van der Waals surface area (Å²) < 4.78 is 9.95. The van der Waals surface area contributed by atoms with Gasteiger partial charge >= 0.3 is 12.0 Å². The topological polar surface area (TPSA) is 67.9 Å². The molecule has 1 aliphatic rings. The number of esters is 1. The molecule has 2 rings (SSSR count). The summed E-state index contributed by atoms with van der Waals surface area (Å²) >= 11 is 0. The number of methoxy groups -OCH3 is 2. The van der Waals surface area contributed by atoms with E-state index in [1.54, 1.807) is 14.0 Å². The maximum Gasteiger partial charge on any atom is 0.337 e. The lowest BCUT2D eigenvalue weighted by Gasteiger charge is -2.35. The predicted octanol–water partition coefficient (Wildman–Crippen LogP) is 2.15. The van der Waals surface area contributed by atoms with Gasteiger partial charge < -0.3 is 14.8 Å². The predicted molar refractivity (Wildman–Crippen MR) is 85.7 cm³/mol. The number of rotatable bonds is 5. The second-order valence-corrected chi connectivity index (χ2v) is 5.43. The first-order chi connectivity index (χ1) is 11.0. The third-order valence-electron chi connectivity index (χ3n) is 3.93. The fourth-order valence-electron chi connectivity index (χ4n) is 2.62. The zero-order valence-corrected chi connectivity index (χ0v) is 13.9. The molecular weight excluding hydrogens is 296 g/mol. The summed E-state index contributed by atoms with van der Waals surface area (Å²) in [6, 6.07) is 6.93. The molecule has 6 heteroatoms. The average molecular weight is 318 g/mol. The molecule has 1 aliphatic heterocycles. The van der Waals surface area contributed by atoms with Crippen LogP contribution in [0, 0.1) is 6.92 Å². The summed E-state index contributed by atoms with van der Waals surface area (Å²) in [5.41, 5.74) is 2.98. The first-order valence-electron chi connectivity index (χ1n) is 7.42. The molecule has 23 heavy (non-hydrogen) atoms. The highest BCUT2D eigenvalue weighted by Crippen LogP contribution is 2.31. The van der Waals surface area contributed by atoms with Gasteiger partial charge in [0.2, 0.25) is 0 Å². The van der Waals surface area contributed by atoms with Crippen LogP contribution in [-0.4, -0.2) is 44.3 Å². The van der Waals surface area contributed by atoms with Gasteiger partial charge in [0, 0.05) is 12.8 Å². The summed E-state index contributed by atoms with van der Waals surface area (Å²) in [5, 5.41) is 2.88. The molecule has 0 saturated heterocycles. The first kappa shape index (κ1) is 17.0. The Hall–Kier alpha value is -2.34. The van der Waals surface area contributed by atoms with E-state index < -0.39 is 12.0 Å². The highest BCUT2D eigenvalue weighted by Gasteiger charge is 2.35. The maximum absolute atomic E-state index is 12.4. The number of ether oxygens (including phenoxy) is 2. The van der Waals surface area contributed by atoms with Gasteiger partial charge in [0.15, 0.2) is 0 Å². The standard InChI is InChI=1S/C17H22N2O4/c1-11-5-7-13(8-6-11)15-14(16(20)23-4)12(2)19(9-10-22-3)17(21)18-15/h5-8,15H,9-10H2,1-4H3,(H,18,21). The van der Waals surface area contributed by atoms with Crippen LogP contribution in [0.15, 0.2) is 35.5 Å².